The van der Waals surface area contributed by atoms with E-state index in [1.54, 1.807) is 12.1 Å². The number of halogens is 2. The Labute approximate surface area is 121 Å². The predicted octanol–water partition coefficient (Wildman–Crippen LogP) is 3.68. The van der Waals surface area contributed by atoms with E-state index < -0.39 is 11.6 Å². The number of nitrogen functional groups attached to an aromatic ring is 1. The third-order valence-corrected chi connectivity index (χ3v) is 3.20. The Balaban J connectivity index is 1.97. The first kappa shape index (κ1) is 15.0. The second-order valence-corrected chi connectivity index (χ2v) is 4.95. The molecule has 5 heteroatoms. The molecule has 0 heterocycles. The number of carbonyl (C=O) groups is 1. The van der Waals surface area contributed by atoms with Gasteiger partial charge in [0.1, 0.15) is 0 Å². The van der Waals surface area contributed by atoms with E-state index in [2.05, 4.69) is 5.32 Å². The number of hydrogen-bond acceptors (Lipinski definition) is 2. The zero-order valence-electron chi connectivity index (χ0n) is 11.6. The fourth-order valence-electron chi connectivity index (χ4n) is 2.01. The molecular weight excluding hydrogens is 274 g/mol. The average Bonchev–Trinajstić information content (AvgIpc) is 2.43. The van der Waals surface area contributed by atoms with Gasteiger partial charge in [0.2, 0.25) is 5.91 Å². The fourth-order valence-corrected chi connectivity index (χ4v) is 2.01. The Kier molecular flexibility index (Phi) is 4.52. The fraction of sp³-hybridized carbons (Fsp3) is 0.188. The van der Waals surface area contributed by atoms with Gasteiger partial charge in [-0.25, -0.2) is 8.78 Å². The minimum atomic E-state index is -0.987. The number of hydrogen-bond donors (Lipinski definition) is 2. The van der Waals surface area contributed by atoms with Crippen LogP contribution in [0.5, 0.6) is 0 Å². The second kappa shape index (κ2) is 6.35. The molecule has 0 aliphatic carbocycles. The van der Waals surface area contributed by atoms with Crippen molar-refractivity contribution in [1.82, 2.24) is 0 Å². The standard InChI is InChI=1S/C16H16F2N2O/c1-10(11-2-4-12(19)5-3-11)8-16(21)20-13-6-7-14(17)15(18)9-13/h2-7,9-10H,8,19H2,1H3,(H,20,21). The Bertz CT molecular complexity index is 641. The van der Waals surface area contributed by atoms with E-state index in [4.69, 9.17) is 5.73 Å². The van der Waals surface area contributed by atoms with Gasteiger partial charge in [-0.3, -0.25) is 4.79 Å². The first-order valence-corrected chi connectivity index (χ1v) is 6.56. The zero-order valence-corrected chi connectivity index (χ0v) is 11.6. The lowest BCUT2D eigenvalue weighted by atomic mass is 9.97. The molecule has 1 atom stereocenters. The van der Waals surface area contributed by atoms with Crippen molar-refractivity contribution in [1.29, 1.82) is 0 Å². The maximum absolute atomic E-state index is 13.1. The van der Waals surface area contributed by atoms with Gasteiger partial charge in [-0.15, -0.1) is 0 Å². The number of amides is 1. The Morgan fingerprint density at radius 1 is 1.14 bits per heavy atom. The van der Waals surface area contributed by atoms with Gasteiger partial charge in [0, 0.05) is 23.9 Å². The Morgan fingerprint density at radius 3 is 2.43 bits per heavy atom. The van der Waals surface area contributed by atoms with Crippen molar-refractivity contribution in [3.63, 3.8) is 0 Å². The first-order chi connectivity index (χ1) is 9.95. The minimum Gasteiger partial charge on any atom is -0.399 e. The maximum atomic E-state index is 13.1. The van der Waals surface area contributed by atoms with Gasteiger partial charge in [-0.2, -0.15) is 0 Å². The van der Waals surface area contributed by atoms with Crippen LogP contribution >= 0.6 is 0 Å². The molecule has 1 amide bonds. The quantitative estimate of drug-likeness (QED) is 0.844. The second-order valence-electron chi connectivity index (χ2n) is 4.95. The summed E-state index contributed by atoms with van der Waals surface area (Å²) in [5, 5.41) is 2.55. The molecule has 0 radical (unpaired) electrons. The highest BCUT2D eigenvalue weighted by Gasteiger charge is 2.12. The lowest BCUT2D eigenvalue weighted by Crippen LogP contribution is -2.14. The SMILES string of the molecule is CC(CC(=O)Nc1ccc(F)c(F)c1)c1ccc(N)cc1. The van der Waals surface area contributed by atoms with E-state index >= 15 is 0 Å². The Hall–Kier alpha value is -2.43. The lowest BCUT2D eigenvalue weighted by molar-refractivity contribution is -0.116. The summed E-state index contributed by atoms with van der Waals surface area (Å²) >= 11 is 0. The molecule has 0 saturated heterocycles. The van der Waals surface area contributed by atoms with Gasteiger partial charge in [0.05, 0.1) is 0 Å². The normalized spacial score (nSPS) is 12.0. The molecule has 0 aliphatic heterocycles. The van der Waals surface area contributed by atoms with Crippen LogP contribution in [-0.4, -0.2) is 5.91 Å². The molecule has 3 N–H and O–H groups in total. The maximum Gasteiger partial charge on any atom is 0.224 e. The third kappa shape index (κ3) is 4.02. The molecule has 1 unspecified atom stereocenters. The molecule has 0 saturated carbocycles. The topological polar surface area (TPSA) is 55.1 Å². The number of carbonyl (C=O) groups excluding carboxylic acids is 1. The number of benzene rings is 2. The van der Waals surface area contributed by atoms with Crippen LogP contribution in [0.4, 0.5) is 20.2 Å². The molecule has 0 bridgehead atoms. The van der Waals surface area contributed by atoms with Crippen LogP contribution in [0.1, 0.15) is 24.8 Å². The van der Waals surface area contributed by atoms with E-state index in [0.29, 0.717) is 5.69 Å². The number of nitrogens with one attached hydrogen (secondary N) is 1. The van der Waals surface area contributed by atoms with Crippen LogP contribution in [0.15, 0.2) is 42.5 Å². The van der Waals surface area contributed by atoms with Crippen LogP contribution in [0.25, 0.3) is 0 Å². The molecule has 2 rings (SSSR count). The van der Waals surface area contributed by atoms with Crippen molar-refractivity contribution in [2.75, 3.05) is 11.1 Å². The van der Waals surface area contributed by atoms with Crippen molar-refractivity contribution < 1.29 is 13.6 Å². The Morgan fingerprint density at radius 2 is 1.81 bits per heavy atom. The van der Waals surface area contributed by atoms with Crippen molar-refractivity contribution in [3.8, 4) is 0 Å². The van der Waals surface area contributed by atoms with Crippen LogP contribution < -0.4 is 11.1 Å². The molecule has 0 fully saturated rings. The molecular formula is C16H16F2N2O. The largest absolute Gasteiger partial charge is 0.399 e. The van der Waals surface area contributed by atoms with E-state index in [0.717, 1.165) is 17.7 Å². The van der Waals surface area contributed by atoms with Crippen LogP contribution in [-0.2, 0) is 4.79 Å². The third-order valence-electron chi connectivity index (χ3n) is 3.20. The first-order valence-electron chi connectivity index (χ1n) is 6.56. The number of nitrogens with two attached hydrogens (primary N) is 1. The number of rotatable bonds is 4. The molecule has 2 aromatic rings. The van der Waals surface area contributed by atoms with E-state index in [-0.39, 0.29) is 23.9 Å². The summed E-state index contributed by atoms with van der Waals surface area (Å²) in [4.78, 5) is 11.9. The minimum absolute atomic E-state index is 0.00380. The summed E-state index contributed by atoms with van der Waals surface area (Å²) in [5.41, 5.74) is 7.50. The highest BCUT2D eigenvalue weighted by atomic mass is 19.2. The van der Waals surface area contributed by atoms with Crippen LogP contribution in [0, 0.1) is 11.6 Å². The molecule has 3 nitrogen and oxygen atoms in total. The van der Waals surface area contributed by atoms with Crippen molar-refractivity contribution in [2.45, 2.75) is 19.3 Å². The summed E-state index contributed by atoms with van der Waals surface area (Å²) in [6, 6.07) is 10.5. The van der Waals surface area contributed by atoms with Gasteiger partial charge in [-0.1, -0.05) is 19.1 Å². The molecule has 110 valence electrons. The van der Waals surface area contributed by atoms with Crippen molar-refractivity contribution in [3.05, 3.63) is 59.7 Å². The van der Waals surface area contributed by atoms with Crippen LogP contribution in [0.3, 0.4) is 0 Å². The molecule has 0 aliphatic rings. The van der Waals surface area contributed by atoms with Gasteiger partial charge in [0.25, 0.3) is 0 Å². The summed E-state index contributed by atoms with van der Waals surface area (Å²) < 4.78 is 25.9. The monoisotopic (exact) mass is 290 g/mol. The van der Waals surface area contributed by atoms with Gasteiger partial charge in [0.15, 0.2) is 11.6 Å². The number of anilines is 2. The van der Waals surface area contributed by atoms with Gasteiger partial charge in [-0.05, 0) is 35.7 Å². The zero-order chi connectivity index (χ0) is 15.4. The van der Waals surface area contributed by atoms with E-state index in [9.17, 15) is 13.6 Å². The highest BCUT2D eigenvalue weighted by Crippen LogP contribution is 2.21. The summed E-state index contributed by atoms with van der Waals surface area (Å²) in [5.74, 6) is -2.19. The van der Waals surface area contributed by atoms with E-state index in [1.165, 1.54) is 6.07 Å². The summed E-state index contributed by atoms with van der Waals surface area (Å²) in [6.07, 6.45) is 0.239. The molecule has 21 heavy (non-hydrogen) atoms. The molecule has 0 aromatic heterocycles. The smallest absolute Gasteiger partial charge is 0.224 e. The highest BCUT2D eigenvalue weighted by molar-refractivity contribution is 5.91. The molecule has 2 aromatic carbocycles. The lowest BCUT2D eigenvalue weighted by Gasteiger charge is -2.12. The van der Waals surface area contributed by atoms with Crippen LogP contribution in [0.2, 0.25) is 0 Å². The van der Waals surface area contributed by atoms with E-state index in [1.807, 2.05) is 19.1 Å². The predicted molar refractivity (Wildman–Crippen MR) is 78.9 cm³/mol. The summed E-state index contributed by atoms with van der Waals surface area (Å²) in [7, 11) is 0. The van der Waals surface area contributed by atoms with Gasteiger partial charge < -0.3 is 11.1 Å². The summed E-state index contributed by atoms with van der Waals surface area (Å²) in [6.45, 7) is 1.91. The van der Waals surface area contributed by atoms with Gasteiger partial charge >= 0.3 is 0 Å². The molecule has 0 spiro atoms. The van der Waals surface area contributed by atoms with Crippen molar-refractivity contribution in [2.24, 2.45) is 0 Å². The van der Waals surface area contributed by atoms with Crippen molar-refractivity contribution >= 4 is 17.3 Å². The average molecular weight is 290 g/mol.